The Balaban J connectivity index is 2.02. The molecule has 1 aromatic rings. The van der Waals surface area contributed by atoms with Gasteiger partial charge in [0.05, 0.1) is 6.10 Å². The van der Waals surface area contributed by atoms with E-state index in [2.05, 4.69) is 4.98 Å². The van der Waals surface area contributed by atoms with Crippen LogP contribution in [-0.2, 0) is 4.79 Å². The molecule has 0 aromatic carbocycles. The van der Waals surface area contributed by atoms with Gasteiger partial charge in [0.2, 0.25) is 5.91 Å². The molecule has 1 amide bonds. The first-order valence-electron chi connectivity index (χ1n) is 5.90. The first-order valence-corrected chi connectivity index (χ1v) is 5.90. The van der Waals surface area contributed by atoms with Gasteiger partial charge in [-0.3, -0.25) is 9.78 Å². The van der Waals surface area contributed by atoms with Gasteiger partial charge in [0, 0.05) is 31.0 Å². The van der Waals surface area contributed by atoms with Gasteiger partial charge in [-0.1, -0.05) is 6.07 Å². The number of amides is 1. The number of aliphatic hydroxyl groups excluding tert-OH is 2. The molecule has 3 atom stereocenters. The minimum absolute atomic E-state index is 0.284. The molecule has 98 valence electrons. The molecule has 0 aliphatic carbocycles. The number of likely N-dealkylation sites (tertiary alicyclic amines) is 1. The van der Waals surface area contributed by atoms with Crippen LogP contribution in [0.3, 0.4) is 0 Å². The Bertz CT molecular complexity index is 412. The number of hydrogen-bond donors (Lipinski definition) is 3. The average molecular weight is 251 g/mol. The summed E-state index contributed by atoms with van der Waals surface area (Å²) in [4.78, 5) is 17.4. The van der Waals surface area contributed by atoms with Gasteiger partial charge in [0.1, 0.15) is 12.1 Å². The minimum Gasteiger partial charge on any atom is -0.391 e. The molecule has 0 spiro atoms. The van der Waals surface area contributed by atoms with Crippen LogP contribution < -0.4 is 5.73 Å². The lowest BCUT2D eigenvalue weighted by Gasteiger charge is -2.23. The van der Waals surface area contributed by atoms with E-state index in [0.717, 1.165) is 0 Å². The van der Waals surface area contributed by atoms with Gasteiger partial charge in [0.15, 0.2) is 0 Å². The van der Waals surface area contributed by atoms with Crippen LogP contribution in [0, 0.1) is 0 Å². The topological polar surface area (TPSA) is 99.7 Å². The Morgan fingerprint density at radius 1 is 1.61 bits per heavy atom. The monoisotopic (exact) mass is 251 g/mol. The number of aromatic nitrogens is 1. The normalized spacial score (nSPS) is 22.8. The van der Waals surface area contributed by atoms with Gasteiger partial charge in [0.25, 0.3) is 0 Å². The predicted molar refractivity (Wildman–Crippen MR) is 64.4 cm³/mol. The molecule has 1 aliphatic rings. The third-order valence-corrected chi connectivity index (χ3v) is 3.13. The van der Waals surface area contributed by atoms with Crippen LogP contribution in [-0.4, -0.2) is 51.2 Å². The number of nitrogens with two attached hydrogens (primary N) is 1. The average Bonchev–Trinajstić information content (AvgIpc) is 2.84. The summed E-state index contributed by atoms with van der Waals surface area (Å²) < 4.78 is 0. The number of carbonyl (C=O) groups is 1. The Labute approximate surface area is 105 Å². The summed E-state index contributed by atoms with van der Waals surface area (Å²) in [6.45, 7) is 0.764. The lowest BCUT2D eigenvalue weighted by atomic mass is 10.0. The van der Waals surface area contributed by atoms with Crippen LogP contribution in [0.2, 0.25) is 0 Å². The highest BCUT2D eigenvalue weighted by Crippen LogP contribution is 2.18. The van der Waals surface area contributed by atoms with Crippen molar-refractivity contribution in [2.45, 2.75) is 24.7 Å². The van der Waals surface area contributed by atoms with Gasteiger partial charge in [-0.25, -0.2) is 0 Å². The molecule has 0 unspecified atom stereocenters. The molecular weight excluding hydrogens is 234 g/mol. The number of β-amino-alcohol motifs (C(OH)–C–C–N with tert-alkyl or cyclic N) is 1. The Hall–Kier alpha value is -1.50. The standard InChI is InChI=1S/C12H17N3O3/c13-10(11(17)8-2-1-4-14-6-8)12(18)15-5-3-9(16)7-15/h1-2,4,6,9-11,16-17H,3,5,7,13H2/t9-,10+,11-/m1/s1. The second kappa shape index (κ2) is 5.43. The fraction of sp³-hybridized carbons (Fsp3) is 0.500. The maximum absolute atomic E-state index is 12.0. The van der Waals surface area contributed by atoms with Crippen LogP contribution in [0.15, 0.2) is 24.5 Å². The first-order chi connectivity index (χ1) is 8.59. The van der Waals surface area contributed by atoms with E-state index in [1.807, 2.05) is 0 Å². The number of hydrogen-bond acceptors (Lipinski definition) is 5. The van der Waals surface area contributed by atoms with E-state index in [4.69, 9.17) is 5.73 Å². The maximum atomic E-state index is 12.0. The zero-order chi connectivity index (χ0) is 13.1. The largest absolute Gasteiger partial charge is 0.391 e. The van der Waals surface area contributed by atoms with Crippen molar-refractivity contribution >= 4 is 5.91 Å². The van der Waals surface area contributed by atoms with Crippen molar-refractivity contribution in [1.82, 2.24) is 9.88 Å². The fourth-order valence-corrected chi connectivity index (χ4v) is 2.05. The summed E-state index contributed by atoms with van der Waals surface area (Å²) in [5.74, 6) is -0.345. The molecule has 18 heavy (non-hydrogen) atoms. The van der Waals surface area contributed by atoms with E-state index < -0.39 is 18.2 Å². The molecule has 1 aliphatic heterocycles. The lowest BCUT2D eigenvalue weighted by Crippen LogP contribution is -2.46. The van der Waals surface area contributed by atoms with E-state index in [9.17, 15) is 15.0 Å². The second-order valence-corrected chi connectivity index (χ2v) is 4.48. The summed E-state index contributed by atoms with van der Waals surface area (Å²) in [6.07, 6.45) is 2.05. The van der Waals surface area contributed by atoms with Crippen LogP contribution >= 0.6 is 0 Å². The molecule has 6 nitrogen and oxygen atoms in total. The third kappa shape index (κ3) is 2.66. The maximum Gasteiger partial charge on any atom is 0.242 e. The summed E-state index contributed by atoms with van der Waals surface area (Å²) in [6, 6.07) is 2.32. The van der Waals surface area contributed by atoms with Crippen molar-refractivity contribution in [1.29, 1.82) is 0 Å². The molecule has 4 N–H and O–H groups in total. The molecular formula is C12H17N3O3. The molecule has 1 fully saturated rings. The Morgan fingerprint density at radius 3 is 2.94 bits per heavy atom. The third-order valence-electron chi connectivity index (χ3n) is 3.13. The van der Waals surface area contributed by atoms with Crippen LogP contribution in [0.1, 0.15) is 18.1 Å². The van der Waals surface area contributed by atoms with Crippen molar-refractivity contribution in [3.05, 3.63) is 30.1 Å². The molecule has 1 aromatic heterocycles. The van der Waals surface area contributed by atoms with Crippen molar-refractivity contribution in [2.75, 3.05) is 13.1 Å². The van der Waals surface area contributed by atoms with E-state index in [1.54, 1.807) is 18.3 Å². The fourth-order valence-electron chi connectivity index (χ4n) is 2.05. The summed E-state index contributed by atoms with van der Waals surface area (Å²) in [5, 5.41) is 19.4. The number of rotatable bonds is 3. The number of aliphatic hydroxyl groups is 2. The molecule has 0 radical (unpaired) electrons. The highest BCUT2D eigenvalue weighted by Gasteiger charge is 2.32. The second-order valence-electron chi connectivity index (χ2n) is 4.48. The molecule has 0 saturated carbocycles. The van der Waals surface area contributed by atoms with Gasteiger partial charge < -0.3 is 20.8 Å². The zero-order valence-electron chi connectivity index (χ0n) is 9.94. The summed E-state index contributed by atoms with van der Waals surface area (Å²) in [5.41, 5.74) is 6.28. The van der Waals surface area contributed by atoms with Gasteiger partial charge >= 0.3 is 0 Å². The SMILES string of the molecule is N[C@H](C(=O)N1CC[C@@H](O)C1)[C@H](O)c1cccnc1. The molecule has 2 heterocycles. The van der Waals surface area contributed by atoms with Crippen LogP contribution in [0.5, 0.6) is 0 Å². The highest BCUT2D eigenvalue weighted by molar-refractivity contribution is 5.82. The van der Waals surface area contributed by atoms with E-state index in [-0.39, 0.29) is 12.5 Å². The number of carbonyl (C=O) groups excluding carboxylic acids is 1. The Kier molecular flexibility index (Phi) is 3.90. The van der Waals surface area contributed by atoms with Crippen molar-refractivity contribution in [2.24, 2.45) is 5.73 Å². The van der Waals surface area contributed by atoms with Crippen LogP contribution in [0.25, 0.3) is 0 Å². The van der Waals surface area contributed by atoms with E-state index in [1.165, 1.54) is 11.1 Å². The zero-order valence-corrected chi connectivity index (χ0v) is 9.94. The predicted octanol–water partition coefficient (Wildman–Crippen LogP) is -0.964. The highest BCUT2D eigenvalue weighted by atomic mass is 16.3. The molecule has 1 saturated heterocycles. The van der Waals surface area contributed by atoms with E-state index in [0.29, 0.717) is 18.5 Å². The molecule has 0 bridgehead atoms. The first kappa shape index (κ1) is 12.9. The lowest BCUT2D eigenvalue weighted by molar-refractivity contribution is -0.134. The van der Waals surface area contributed by atoms with Crippen molar-refractivity contribution in [3.63, 3.8) is 0 Å². The minimum atomic E-state index is -1.08. The van der Waals surface area contributed by atoms with Gasteiger partial charge in [-0.15, -0.1) is 0 Å². The number of pyridine rings is 1. The molecule has 6 heteroatoms. The van der Waals surface area contributed by atoms with E-state index >= 15 is 0 Å². The quantitative estimate of drug-likeness (QED) is 0.642. The Morgan fingerprint density at radius 2 is 2.39 bits per heavy atom. The van der Waals surface area contributed by atoms with Gasteiger partial charge in [-0.05, 0) is 12.5 Å². The molecule has 2 rings (SSSR count). The smallest absolute Gasteiger partial charge is 0.242 e. The summed E-state index contributed by atoms with van der Waals surface area (Å²) in [7, 11) is 0. The van der Waals surface area contributed by atoms with Crippen molar-refractivity contribution < 1.29 is 15.0 Å². The summed E-state index contributed by atoms with van der Waals surface area (Å²) >= 11 is 0. The number of nitrogens with zero attached hydrogens (tertiary/aromatic N) is 2. The van der Waals surface area contributed by atoms with Crippen LogP contribution in [0.4, 0.5) is 0 Å². The van der Waals surface area contributed by atoms with Gasteiger partial charge in [-0.2, -0.15) is 0 Å². The van der Waals surface area contributed by atoms with Crippen molar-refractivity contribution in [3.8, 4) is 0 Å².